The maximum atomic E-state index is 12.1. The molecule has 2 rings (SSSR count). The molecule has 1 amide bonds. The zero-order chi connectivity index (χ0) is 15.6. The molecule has 0 spiro atoms. The molecule has 9 heteroatoms. The zero-order valence-corrected chi connectivity index (χ0v) is 11.3. The van der Waals surface area contributed by atoms with Gasteiger partial charge in [0.25, 0.3) is 11.5 Å². The molecule has 3 N–H and O–H groups in total. The van der Waals surface area contributed by atoms with Crippen molar-refractivity contribution >= 4 is 23.0 Å². The molecule has 0 fully saturated rings. The van der Waals surface area contributed by atoms with Gasteiger partial charge in [0.2, 0.25) is 5.71 Å². The van der Waals surface area contributed by atoms with E-state index in [9.17, 15) is 14.4 Å². The molecule has 1 unspecified atom stereocenters. The number of carboxylic acid groups (broad SMARTS) is 1. The van der Waals surface area contributed by atoms with E-state index in [1.165, 1.54) is 20.4 Å². The number of carbonyl (C=O) groups is 2. The number of methoxy groups -OCH3 is 1. The predicted molar refractivity (Wildman–Crippen MR) is 70.1 cm³/mol. The second-order valence-corrected chi connectivity index (χ2v) is 4.22. The molecule has 112 valence electrons. The van der Waals surface area contributed by atoms with Crippen LogP contribution in [-0.2, 0) is 9.53 Å². The lowest BCUT2D eigenvalue weighted by molar-refractivity contribution is -0.148. The highest BCUT2D eigenvalue weighted by molar-refractivity contribution is 6.06. The summed E-state index contributed by atoms with van der Waals surface area (Å²) in [5.41, 5.74) is -0.439. The summed E-state index contributed by atoms with van der Waals surface area (Å²) in [7, 11) is 1.22. The van der Waals surface area contributed by atoms with E-state index in [0.29, 0.717) is 0 Å². The van der Waals surface area contributed by atoms with Crippen LogP contribution in [0.1, 0.15) is 16.1 Å². The van der Waals surface area contributed by atoms with Crippen LogP contribution in [0.25, 0.3) is 11.1 Å². The van der Waals surface area contributed by atoms with Crippen molar-refractivity contribution < 1.29 is 23.8 Å². The first-order chi connectivity index (χ1) is 9.95. The second kappa shape index (κ2) is 5.75. The number of carbonyl (C=O) groups excluding carboxylic acids is 1. The molecule has 0 aromatic carbocycles. The van der Waals surface area contributed by atoms with Crippen LogP contribution in [0.15, 0.2) is 15.5 Å². The van der Waals surface area contributed by atoms with Crippen LogP contribution < -0.4 is 10.9 Å². The van der Waals surface area contributed by atoms with Gasteiger partial charge in [0.15, 0.2) is 6.10 Å². The Morgan fingerprint density at radius 1 is 1.57 bits per heavy atom. The molecule has 21 heavy (non-hydrogen) atoms. The molecule has 0 aliphatic carbocycles. The first kappa shape index (κ1) is 14.7. The number of ether oxygens (including phenoxy) is 1. The smallest absolute Gasteiger partial charge is 0.334 e. The molecule has 0 saturated heterocycles. The summed E-state index contributed by atoms with van der Waals surface area (Å²) < 4.78 is 9.95. The fraction of sp³-hybridized carbons (Fsp3) is 0.333. The van der Waals surface area contributed by atoms with Gasteiger partial charge in [-0.1, -0.05) is 0 Å². The van der Waals surface area contributed by atoms with E-state index in [-0.39, 0.29) is 29.0 Å². The van der Waals surface area contributed by atoms with Gasteiger partial charge < -0.3 is 24.6 Å². The number of H-pyrrole nitrogens is 1. The Labute approximate surface area is 117 Å². The van der Waals surface area contributed by atoms with Gasteiger partial charge >= 0.3 is 5.97 Å². The van der Waals surface area contributed by atoms with Crippen molar-refractivity contribution in [2.24, 2.45) is 0 Å². The third-order valence-corrected chi connectivity index (χ3v) is 2.91. The minimum atomic E-state index is -1.20. The molecule has 2 aromatic heterocycles. The van der Waals surface area contributed by atoms with Crippen LogP contribution >= 0.6 is 0 Å². The number of hydrogen-bond donors (Lipinski definition) is 3. The third kappa shape index (κ3) is 2.77. The van der Waals surface area contributed by atoms with Crippen molar-refractivity contribution in [3.05, 3.63) is 28.0 Å². The minimum absolute atomic E-state index is 0.0248. The number of fused-ring (bicyclic) bond motifs is 1. The summed E-state index contributed by atoms with van der Waals surface area (Å²) in [6, 6.07) is 0. The molecular formula is C12H13N3O6. The van der Waals surface area contributed by atoms with E-state index in [0.717, 1.165) is 0 Å². The molecule has 2 heterocycles. The van der Waals surface area contributed by atoms with E-state index in [1.54, 1.807) is 0 Å². The standard InChI is InChI=1S/C12H13N3O6/c1-5-7(8-10(17)14-4-15-11(8)21-5)9(16)13-3-6(20-2)12(18)19/h4,6H,3H2,1-2H3,(H,13,16)(H,18,19)(H,14,15,17). The summed E-state index contributed by atoms with van der Waals surface area (Å²) in [6.45, 7) is 1.27. The van der Waals surface area contributed by atoms with Crippen molar-refractivity contribution in [2.75, 3.05) is 13.7 Å². The zero-order valence-electron chi connectivity index (χ0n) is 11.3. The van der Waals surface area contributed by atoms with Crippen LogP contribution in [-0.4, -0.2) is 46.7 Å². The Hall–Kier alpha value is -2.68. The van der Waals surface area contributed by atoms with Crippen LogP contribution in [0.3, 0.4) is 0 Å². The number of aliphatic carboxylic acids is 1. The molecule has 9 nitrogen and oxygen atoms in total. The van der Waals surface area contributed by atoms with E-state index in [1.807, 2.05) is 0 Å². The minimum Gasteiger partial charge on any atom is -0.479 e. The summed E-state index contributed by atoms with van der Waals surface area (Å²) in [6.07, 6.45) is -0.00967. The molecule has 0 radical (unpaired) electrons. The number of nitrogens with zero attached hydrogens (tertiary/aromatic N) is 1. The number of aromatic amines is 1. The Bertz CT molecular complexity index is 747. The maximum Gasteiger partial charge on any atom is 0.334 e. The maximum absolute atomic E-state index is 12.1. The number of nitrogens with one attached hydrogen (secondary N) is 2. The molecule has 2 aromatic rings. The highest BCUT2D eigenvalue weighted by Gasteiger charge is 2.23. The van der Waals surface area contributed by atoms with E-state index < -0.39 is 23.5 Å². The number of hydrogen-bond acceptors (Lipinski definition) is 6. The predicted octanol–water partition coefficient (Wildman–Crippen LogP) is -0.346. The lowest BCUT2D eigenvalue weighted by atomic mass is 10.1. The Morgan fingerprint density at radius 3 is 2.90 bits per heavy atom. The normalized spacial score (nSPS) is 12.3. The average molecular weight is 295 g/mol. The van der Waals surface area contributed by atoms with Gasteiger partial charge in [-0.05, 0) is 6.92 Å². The summed E-state index contributed by atoms with van der Waals surface area (Å²) >= 11 is 0. The quantitative estimate of drug-likeness (QED) is 0.686. The SMILES string of the molecule is COC(CNC(=O)c1c(C)oc2nc[nH]c(=O)c12)C(=O)O. The highest BCUT2D eigenvalue weighted by Crippen LogP contribution is 2.20. The largest absolute Gasteiger partial charge is 0.479 e. The number of aromatic nitrogens is 2. The first-order valence-electron chi connectivity index (χ1n) is 5.96. The summed E-state index contributed by atoms with van der Waals surface area (Å²) in [5, 5.41) is 11.2. The molecule has 0 aliphatic rings. The number of amides is 1. The van der Waals surface area contributed by atoms with Crippen molar-refractivity contribution in [1.29, 1.82) is 0 Å². The van der Waals surface area contributed by atoms with Gasteiger partial charge in [-0.3, -0.25) is 9.59 Å². The Balaban J connectivity index is 2.30. The fourth-order valence-electron chi connectivity index (χ4n) is 1.87. The van der Waals surface area contributed by atoms with E-state index >= 15 is 0 Å². The molecule has 0 bridgehead atoms. The van der Waals surface area contributed by atoms with Crippen molar-refractivity contribution in [1.82, 2.24) is 15.3 Å². The van der Waals surface area contributed by atoms with Gasteiger partial charge in [0.1, 0.15) is 11.1 Å². The monoisotopic (exact) mass is 295 g/mol. The van der Waals surface area contributed by atoms with Crippen molar-refractivity contribution in [3.63, 3.8) is 0 Å². The molecule has 1 atom stereocenters. The van der Waals surface area contributed by atoms with Crippen LogP contribution in [0, 0.1) is 6.92 Å². The van der Waals surface area contributed by atoms with Crippen molar-refractivity contribution in [3.8, 4) is 0 Å². The number of furan rings is 1. The van der Waals surface area contributed by atoms with Crippen molar-refractivity contribution in [2.45, 2.75) is 13.0 Å². The van der Waals surface area contributed by atoms with E-state index in [2.05, 4.69) is 15.3 Å². The van der Waals surface area contributed by atoms with Crippen LogP contribution in [0.5, 0.6) is 0 Å². The molecule has 0 aliphatic heterocycles. The van der Waals surface area contributed by atoms with Gasteiger partial charge in [-0.15, -0.1) is 0 Å². The van der Waals surface area contributed by atoms with E-state index in [4.69, 9.17) is 14.3 Å². The number of rotatable bonds is 5. The molecule has 0 saturated carbocycles. The third-order valence-electron chi connectivity index (χ3n) is 2.91. The van der Waals surface area contributed by atoms with Crippen LogP contribution in [0.4, 0.5) is 0 Å². The topological polar surface area (TPSA) is 135 Å². The average Bonchev–Trinajstić information content (AvgIpc) is 2.76. The Kier molecular flexibility index (Phi) is 4.03. The molecular weight excluding hydrogens is 282 g/mol. The van der Waals surface area contributed by atoms with Crippen LogP contribution in [0.2, 0.25) is 0 Å². The number of aryl methyl sites for hydroxylation is 1. The lowest BCUT2D eigenvalue weighted by Crippen LogP contribution is -2.38. The highest BCUT2D eigenvalue weighted by atomic mass is 16.5. The summed E-state index contributed by atoms with van der Waals surface area (Å²) in [4.78, 5) is 40.9. The van der Waals surface area contributed by atoms with Gasteiger partial charge in [0.05, 0.1) is 18.4 Å². The first-order valence-corrected chi connectivity index (χ1v) is 5.96. The van der Waals surface area contributed by atoms with Gasteiger partial charge in [-0.2, -0.15) is 0 Å². The number of carboxylic acids is 1. The fourth-order valence-corrected chi connectivity index (χ4v) is 1.87. The Morgan fingerprint density at radius 2 is 2.29 bits per heavy atom. The van der Waals surface area contributed by atoms with Gasteiger partial charge in [0, 0.05) is 7.11 Å². The van der Waals surface area contributed by atoms with Gasteiger partial charge in [-0.25, -0.2) is 9.78 Å². The summed E-state index contributed by atoms with van der Waals surface area (Å²) in [5.74, 6) is -1.62. The lowest BCUT2D eigenvalue weighted by Gasteiger charge is -2.11. The second-order valence-electron chi connectivity index (χ2n) is 4.22.